The van der Waals surface area contributed by atoms with Crippen LogP contribution in [0.15, 0.2) is 48.5 Å². The Morgan fingerprint density at radius 2 is 1.36 bits per heavy atom. The average Bonchev–Trinajstić information content (AvgIpc) is 2.96. The van der Waals surface area contributed by atoms with Crippen molar-refractivity contribution in [3.8, 4) is 0 Å². The molecule has 4 saturated carbocycles. The third-order valence-electron chi connectivity index (χ3n) is 10.7. The number of carbonyl (C=O) groups is 2. The molecule has 1 N–H and O–H groups in total. The van der Waals surface area contributed by atoms with Gasteiger partial charge in [-0.15, -0.1) is 0 Å². The molecule has 2 aromatic rings. The van der Waals surface area contributed by atoms with Crippen molar-refractivity contribution in [1.29, 1.82) is 0 Å². The van der Waals surface area contributed by atoms with Crippen LogP contribution in [0.5, 0.6) is 0 Å². The van der Waals surface area contributed by atoms with E-state index in [1.807, 2.05) is 36.4 Å². The third kappa shape index (κ3) is 4.39. The lowest BCUT2D eigenvalue weighted by Gasteiger charge is -2.58. The number of benzene rings is 2. The number of esters is 2. The summed E-state index contributed by atoms with van der Waals surface area (Å²) in [7, 11) is -6.55. The van der Waals surface area contributed by atoms with E-state index < -0.39 is 62.9 Å². The van der Waals surface area contributed by atoms with Crippen LogP contribution in [0.2, 0.25) is 0 Å². The Kier molecular flexibility index (Phi) is 6.55. The van der Waals surface area contributed by atoms with Gasteiger partial charge in [0.25, 0.3) is 6.10 Å². The van der Waals surface area contributed by atoms with E-state index in [1.54, 1.807) is 0 Å². The maximum atomic E-state index is 14.2. The number of halogens is 5. The summed E-state index contributed by atoms with van der Waals surface area (Å²) in [6.45, 7) is 0. The van der Waals surface area contributed by atoms with Gasteiger partial charge in [0, 0.05) is 11.8 Å². The molecule has 0 radical (unpaired) electrons. The summed E-state index contributed by atoms with van der Waals surface area (Å²) in [5.41, 5.74) is 2.98. The van der Waals surface area contributed by atoms with Crippen molar-refractivity contribution in [3.05, 3.63) is 70.8 Å². The summed E-state index contributed by atoms with van der Waals surface area (Å²) in [5, 5.41) is -5.79. The van der Waals surface area contributed by atoms with Gasteiger partial charge in [0.1, 0.15) is 6.10 Å². The highest BCUT2D eigenvalue weighted by atomic mass is 32.2. The molecule has 0 spiro atoms. The molecular formula is C31H29F5O7S. The molecule has 0 aliphatic heterocycles. The van der Waals surface area contributed by atoms with Crippen LogP contribution in [0.3, 0.4) is 0 Å². The Balaban J connectivity index is 1.11. The van der Waals surface area contributed by atoms with Crippen molar-refractivity contribution in [2.75, 3.05) is 0 Å². The molecule has 236 valence electrons. The maximum Gasteiger partial charge on any atom is 0.432 e. The number of ether oxygens (including phenoxy) is 2. The van der Waals surface area contributed by atoms with E-state index in [1.165, 1.54) is 11.1 Å². The fourth-order valence-corrected chi connectivity index (χ4v) is 9.65. The first-order valence-corrected chi connectivity index (χ1v) is 16.1. The van der Waals surface area contributed by atoms with Crippen LogP contribution in [0.25, 0.3) is 0 Å². The van der Waals surface area contributed by atoms with Crippen molar-refractivity contribution in [2.45, 2.75) is 74.0 Å². The van der Waals surface area contributed by atoms with E-state index in [-0.39, 0.29) is 43.0 Å². The molecular weight excluding hydrogens is 611 g/mol. The highest BCUT2D eigenvalue weighted by Crippen LogP contribution is 2.62. The zero-order valence-electron chi connectivity index (χ0n) is 23.2. The van der Waals surface area contributed by atoms with Crippen LogP contribution in [0, 0.1) is 29.1 Å². The van der Waals surface area contributed by atoms with Gasteiger partial charge < -0.3 is 9.47 Å². The normalized spacial score (nSPS) is 34.2. The van der Waals surface area contributed by atoms with Crippen molar-refractivity contribution >= 4 is 22.1 Å². The quantitative estimate of drug-likeness (QED) is 0.235. The van der Waals surface area contributed by atoms with Gasteiger partial charge in [-0.1, -0.05) is 48.5 Å². The molecule has 4 unspecified atom stereocenters. The smallest absolute Gasteiger partial charge is 0.432 e. The fourth-order valence-electron chi connectivity index (χ4n) is 9.20. The molecule has 7 aliphatic rings. The molecule has 0 amide bonds. The van der Waals surface area contributed by atoms with Crippen LogP contribution < -0.4 is 0 Å². The standard InChI is InChI=1S/C31H29F5O7S/c32-30(33,34)27(31(35,36)44(39,40)41)43-28(38)29-12-15-9-16(13-29)25(17(10-15)14-29)42-26(37)23-11-22-18-5-1-3-7-20(18)24(23)21-8-4-2-6-19(21)22/h1-8,15-17,22-25,27H,9-14H2,(H,39,40,41). The molecule has 2 aromatic carbocycles. The predicted octanol–water partition coefficient (Wildman–Crippen LogP) is 5.98. The zero-order chi connectivity index (χ0) is 31.4. The molecule has 0 saturated heterocycles. The first-order valence-electron chi connectivity index (χ1n) is 14.6. The van der Waals surface area contributed by atoms with Gasteiger partial charge in [0.05, 0.1) is 11.3 Å². The second kappa shape index (κ2) is 9.72. The van der Waals surface area contributed by atoms with E-state index in [9.17, 15) is 40.0 Å². The van der Waals surface area contributed by atoms with Crippen LogP contribution in [-0.4, -0.2) is 48.5 Å². The molecule has 4 fully saturated rings. The summed E-state index contributed by atoms with van der Waals surface area (Å²) >= 11 is 0. The van der Waals surface area contributed by atoms with Crippen LogP contribution in [0.4, 0.5) is 22.0 Å². The van der Waals surface area contributed by atoms with E-state index in [0.29, 0.717) is 19.3 Å². The average molecular weight is 641 g/mol. The minimum absolute atomic E-state index is 0.0314. The van der Waals surface area contributed by atoms with Gasteiger partial charge in [-0.05, 0) is 78.5 Å². The zero-order valence-corrected chi connectivity index (χ0v) is 24.0. The molecule has 6 bridgehead atoms. The monoisotopic (exact) mass is 640 g/mol. The minimum atomic E-state index is -6.55. The first kappa shape index (κ1) is 29.6. The van der Waals surface area contributed by atoms with Crippen LogP contribution in [0.1, 0.15) is 72.6 Å². The summed E-state index contributed by atoms with van der Waals surface area (Å²) in [4.78, 5) is 27.1. The number of hydrogen-bond acceptors (Lipinski definition) is 6. The Hall–Kier alpha value is -3.06. The summed E-state index contributed by atoms with van der Waals surface area (Å²) in [6, 6.07) is 16.1. The number of alkyl halides is 5. The predicted molar refractivity (Wildman–Crippen MR) is 143 cm³/mol. The van der Waals surface area contributed by atoms with Gasteiger partial charge in [-0.25, -0.2) is 0 Å². The Bertz CT molecular complexity index is 1580. The third-order valence-corrected chi connectivity index (χ3v) is 11.6. The van der Waals surface area contributed by atoms with E-state index in [0.717, 1.165) is 11.1 Å². The number of rotatable bonds is 6. The largest absolute Gasteiger partial charge is 0.462 e. The lowest BCUT2D eigenvalue weighted by Crippen LogP contribution is -2.60. The highest BCUT2D eigenvalue weighted by Gasteiger charge is 2.68. The molecule has 9 rings (SSSR count). The number of carbonyl (C=O) groups excluding carboxylic acids is 2. The topological polar surface area (TPSA) is 107 Å². The molecule has 0 aromatic heterocycles. The van der Waals surface area contributed by atoms with Gasteiger partial charge in [0.2, 0.25) is 0 Å². The summed E-state index contributed by atoms with van der Waals surface area (Å²) < 4.78 is 110. The van der Waals surface area contributed by atoms with Crippen molar-refractivity contribution < 1.29 is 54.0 Å². The van der Waals surface area contributed by atoms with Crippen molar-refractivity contribution in [3.63, 3.8) is 0 Å². The summed E-state index contributed by atoms with van der Waals surface area (Å²) in [6.07, 6.45) is -9.24. The van der Waals surface area contributed by atoms with E-state index >= 15 is 0 Å². The summed E-state index contributed by atoms with van der Waals surface area (Å²) in [5.74, 6) is -3.48. The Morgan fingerprint density at radius 1 is 0.841 bits per heavy atom. The van der Waals surface area contributed by atoms with Crippen LogP contribution >= 0.6 is 0 Å². The molecule has 0 heterocycles. The minimum Gasteiger partial charge on any atom is -0.462 e. The highest BCUT2D eigenvalue weighted by molar-refractivity contribution is 7.86. The molecule has 7 aliphatic carbocycles. The SMILES string of the molecule is O=C(OC1C2CC3CC1CC(C(=O)OC(C(F)(F)F)C(F)(F)S(=O)(=O)O)(C3)C2)C1CC2c3ccccc3C1c1ccccc12. The van der Waals surface area contributed by atoms with Gasteiger partial charge in [0.15, 0.2) is 0 Å². The molecule has 44 heavy (non-hydrogen) atoms. The van der Waals surface area contributed by atoms with Crippen molar-refractivity contribution in [2.24, 2.45) is 29.1 Å². The first-order chi connectivity index (χ1) is 20.6. The van der Waals surface area contributed by atoms with E-state index in [2.05, 4.69) is 16.9 Å². The van der Waals surface area contributed by atoms with E-state index in [4.69, 9.17) is 9.29 Å². The maximum absolute atomic E-state index is 14.2. The van der Waals surface area contributed by atoms with Gasteiger partial charge >= 0.3 is 33.5 Å². The molecule has 7 nitrogen and oxygen atoms in total. The lowest BCUT2D eigenvalue weighted by molar-refractivity contribution is -0.268. The molecule has 4 atom stereocenters. The Morgan fingerprint density at radius 3 is 1.86 bits per heavy atom. The van der Waals surface area contributed by atoms with Crippen molar-refractivity contribution in [1.82, 2.24) is 0 Å². The number of hydrogen-bond donors (Lipinski definition) is 1. The second-order valence-electron chi connectivity index (χ2n) is 13.1. The van der Waals surface area contributed by atoms with Crippen LogP contribution in [-0.2, 0) is 29.2 Å². The number of fused-ring (bicyclic) bond motifs is 1. The fraction of sp³-hybridized carbons (Fsp3) is 0.548. The lowest BCUT2D eigenvalue weighted by atomic mass is 9.48. The Labute approximate surface area is 249 Å². The molecule has 13 heteroatoms. The second-order valence-corrected chi connectivity index (χ2v) is 14.6. The van der Waals surface area contributed by atoms with Gasteiger partial charge in [-0.3, -0.25) is 14.1 Å². The van der Waals surface area contributed by atoms with Gasteiger partial charge in [-0.2, -0.15) is 30.4 Å².